The van der Waals surface area contributed by atoms with E-state index < -0.39 is 0 Å². The van der Waals surface area contributed by atoms with E-state index in [4.69, 9.17) is 16.6 Å². The molecule has 0 spiro atoms. The predicted molar refractivity (Wildman–Crippen MR) is 141 cm³/mol. The van der Waals surface area contributed by atoms with Gasteiger partial charge in [0.15, 0.2) is 0 Å². The van der Waals surface area contributed by atoms with Crippen LogP contribution in [0.15, 0.2) is 78.9 Å². The number of hydrogen-bond acceptors (Lipinski definition) is 3. The number of halogens is 1. The van der Waals surface area contributed by atoms with Gasteiger partial charge in [0.1, 0.15) is 5.82 Å². The third-order valence-corrected chi connectivity index (χ3v) is 7.12. The molecule has 1 amide bonds. The van der Waals surface area contributed by atoms with Gasteiger partial charge >= 0.3 is 0 Å². The quantitative estimate of drug-likeness (QED) is 0.367. The number of hydrogen-bond donors (Lipinski definition) is 1. The number of imidazole rings is 1. The number of carbonyl (C=O) groups excluding carboxylic acids is 1. The summed E-state index contributed by atoms with van der Waals surface area (Å²) < 4.78 is 2.31. The molecule has 180 valence electrons. The lowest BCUT2D eigenvalue weighted by atomic mass is 9.96. The van der Waals surface area contributed by atoms with Crippen molar-refractivity contribution in [1.82, 2.24) is 19.8 Å². The van der Waals surface area contributed by atoms with E-state index in [1.54, 1.807) is 0 Å². The number of rotatable bonds is 8. The van der Waals surface area contributed by atoms with E-state index in [1.807, 2.05) is 36.4 Å². The number of fused-ring (bicyclic) bond motifs is 1. The molecule has 0 unspecified atom stereocenters. The average molecular weight is 487 g/mol. The van der Waals surface area contributed by atoms with E-state index in [2.05, 4.69) is 57.2 Å². The van der Waals surface area contributed by atoms with E-state index >= 15 is 0 Å². The number of likely N-dealkylation sites (tertiary alicyclic amines) is 1. The fourth-order valence-corrected chi connectivity index (χ4v) is 4.99. The molecule has 1 saturated heterocycles. The minimum absolute atomic E-state index is 0.0925. The molecular weight excluding hydrogens is 456 g/mol. The Morgan fingerprint density at radius 2 is 1.60 bits per heavy atom. The van der Waals surface area contributed by atoms with Crippen LogP contribution >= 0.6 is 11.6 Å². The van der Waals surface area contributed by atoms with Crippen molar-refractivity contribution in [2.45, 2.75) is 32.4 Å². The Kier molecular flexibility index (Phi) is 7.45. The fraction of sp³-hybridized carbons (Fsp3) is 0.310. The number of aromatic nitrogens is 2. The monoisotopic (exact) mass is 486 g/mol. The van der Waals surface area contributed by atoms with Crippen molar-refractivity contribution in [2.24, 2.45) is 5.92 Å². The van der Waals surface area contributed by atoms with E-state index in [-0.39, 0.29) is 11.8 Å². The van der Waals surface area contributed by atoms with Crippen LogP contribution in [0.3, 0.4) is 0 Å². The van der Waals surface area contributed by atoms with Gasteiger partial charge in [0.25, 0.3) is 0 Å². The molecule has 3 aromatic carbocycles. The molecule has 5 rings (SSSR count). The van der Waals surface area contributed by atoms with Crippen molar-refractivity contribution in [3.63, 3.8) is 0 Å². The normalized spacial score (nSPS) is 14.9. The van der Waals surface area contributed by atoms with Gasteiger partial charge in [0, 0.05) is 24.0 Å². The molecule has 0 aliphatic carbocycles. The Hall–Kier alpha value is -3.15. The Morgan fingerprint density at radius 3 is 2.37 bits per heavy atom. The first-order chi connectivity index (χ1) is 17.2. The maximum atomic E-state index is 12.7. The van der Waals surface area contributed by atoms with Crippen molar-refractivity contribution >= 4 is 28.5 Å². The first-order valence-electron chi connectivity index (χ1n) is 12.4. The molecule has 4 aromatic rings. The maximum absolute atomic E-state index is 12.7. The van der Waals surface area contributed by atoms with Crippen LogP contribution in [0.1, 0.15) is 29.8 Å². The van der Waals surface area contributed by atoms with Gasteiger partial charge in [0.05, 0.1) is 17.6 Å². The second-order valence-electron chi connectivity index (χ2n) is 9.31. The Morgan fingerprint density at radius 1 is 0.886 bits per heavy atom. The van der Waals surface area contributed by atoms with Gasteiger partial charge in [-0.2, -0.15) is 0 Å². The molecule has 6 heteroatoms. The van der Waals surface area contributed by atoms with Crippen LogP contribution in [-0.2, 0) is 24.3 Å². The highest BCUT2D eigenvalue weighted by Crippen LogP contribution is 2.23. The Labute approximate surface area is 211 Å². The standard InChI is InChI=1S/C29H31ClN4O/c30-25-12-10-23(11-13-25)20-34-27-9-5-4-8-26(27)32-28(34)21-33-18-15-24(16-19-33)29(35)31-17-14-22-6-2-1-3-7-22/h1-13,24H,14-21H2,(H,31,35). The van der Waals surface area contributed by atoms with Gasteiger partial charge < -0.3 is 9.88 Å². The second kappa shape index (κ2) is 11.1. The van der Waals surface area contributed by atoms with Crippen molar-refractivity contribution < 1.29 is 4.79 Å². The molecule has 1 aliphatic heterocycles. The third kappa shape index (κ3) is 5.92. The molecule has 0 bridgehead atoms. The number of nitrogens with one attached hydrogen (secondary N) is 1. The van der Waals surface area contributed by atoms with E-state index in [0.717, 1.165) is 67.3 Å². The van der Waals surface area contributed by atoms with Crippen LogP contribution in [0.4, 0.5) is 0 Å². The molecule has 0 atom stereocenters. The molecule has 1 aliphatic rings. The van der Waals surface area contributed by atoms with Gasteiger partial charge in [-0.25, -0.2) is 4.98 Å². The zero-order valence-corrected chi connectivity index (χ0v) is 20.6. The maximum Gasteiger partial charge on any atom is 0.223 e. The third-order valence-electron chi connectivity index (χ3n) is 6.87. The van der Waals surface area contributed by atoms with Crippen molar-refractivity contribution in [3.8, 4) is 0 Å². The summed E-state index contributed by atoms with van der Waals surface area (Å²) in [5.41, 5.74) is 4.61. The molecule has 1 N–H and O–H groups in total. The molecule has 5 nitrogen and oxygen atoms in total. The smallest absolute Gasteiger partial charge is 0.223 e. The summed E-state index contributed by atoms with van der Waals surface area (Å²) in [5, 5.41) is 3.89. The van der Waals surface area contributed by atoms with Gasteiger partial charge in [-0.05, 0) is 67.7 Å². The van der Waals surface area contributed by atoms with Crippen molar-refractivity contribution in [2.75, 3.05) is 19.6 Å². The van der Waals surface area contributed by atoms with Crippen LogP contribution in [0.2, 0.25) is 5.02 Å². The summed E-state index contributed by atoms with van der Waals surface area (Å²) >= 11 is 6.08. The lowest BCUT2D eigenvalue weighted by molar-refractivity contribution is -0.126. The number of carbonyl (C=O) groups is 1. The predicted octanol–water partition coefficient (Wildman–Crippen LogP) is 5.31. The topological polar surface area (TPSA) is 50.2 Å². The number of para-hydroxylation sites is 2. The highest BCUT2D eigenvalue weighted by atomic mass is 35.5. The molecule has 2 heterocycles. The highest BCUT2D eigenvalue weighted by Gasteiger charge is 2.26. The van der Waals surface area contributed by atoms with Crippen molar-refractivity contribution in [3.05, 3.63) is 101 Å². The zero-order chi connectivity index (χ0) is 24.0. The van der Waals surface area contributed by atoms with Gasteiger partial charge in [0.2, 0.25) is 5.91 Å². The van der Waals surface area contributed by atoms with Crippen LogP contribution < -0.4 is 5.32 Å². The van der Waals surface area contributed by atoms with E-state index in [9.17, 15) is 4.79 Å². The summed E-state index contributed by atoms with van der Waals surface area (Å²) in [6, 6.07) is 26.6. The van der Waals surface area contributed by atoms with Crippen molar-refractivity contribution in [1.29, 1.82) is 0 Å². The number of nitrogens with zero attached hydrogens (tertiary/aromatic N) is 3. The first kappa shape index (κ1) is 23.6. The summed E-state index contributed by atoms with van der Waals surface area (Å²) in [7, 11) is 0. The van der Waals surface area contributed by atoms with Crippen LogP contribution in [0.25, 0.3) is 11.0 Å². The van der Waals surface area contributed by atoms with Crippen LogP contribution in [0.5, 0.6) is 0 Å². The molecule has 1 fully saturated rings. The number of piperidine rings is 1. The molecule has 0 radical (unpaired) electrons. The minimum Gasteiger partial charge on any atom is -0.356 e. The number of amides is 1. The minimum atomic E-state index is 0.0925. The van der Waals surface area contributed by atoms with Crippen LogP contribution in [0, 0.1) is 5.92 Å². The Bertz CT molecular complexity index is 1260. The zero-order valence-electron chi connectivity index (χ0n) is 19.9. The highest BCUT2D eigenvalue weighted by molar-refractivity contribution is 6.30. The largest absolute Gasteiger partial charge is 0.356 e. The van der Waals surface area contributed by atoms with Gasteiger partial charge in [-0.3, -0.25) is 9.69 Å². The lowest BCUT2D eigenvalue weighted by Crippen LogP contribution is -2.41. The summed E-state index contributed by atoms with van der Waals surface area (Å²) in [4.78, 5) is 20.1. The second-order valence-corrected chi connectivity index (χ2v) is 9.74. The first-order valence-corrected chi connectivity index (χ1v) is 12.8. The van der Waals surface area contributed by atoms with Gasteiger partial charge in [-0.1, -0.05) is 66.2 Å². The summed E-state index contributed by atoms with van der Waals surface area (Å²) in [6.07, 6.45) is 2.64. The molecule has 1 aromatic heterocycles. The van der Waals surface area contributed by atoms with E-state index in [1.165, 1.54) is 11.1 Å². The molecular formula is C29H31ClN4O. The van der Waals surface area contributed by atoms with E-state index in [0.29, 0.717) is 6.54 Å². The van der Waals surface area contributed by atoms with Crippen LogP contribution in [-0.4, -0.2) is 40.0 Å². The summed E-state index contributed by atoms with van der Waals surface area (Å²) in [6.45, 7) is 4.04. The Balaban J connectivity index is 1.19. The molecule has 0 saturated carbocycles. The molecule has 35 heavy (non-hydrogen) atoms. The summed E-state index contributed by atoms with van der Waals surface area (Å²) in [5.74, 6) is 1.34. The SMILES string of the molecule is O=C(NCCc1ccccc1)C1CCN(Cc2nc3ccccc3n2Cc2ccc(Cl)cc2)CC1. The lowest BCUT2D eigenvalue weighted by Gasteiger charge is -2.31. The van der Waals surface area contributed by atoms with Gasteiger partial charge in [-0.15, -0.1) is 0 Å². The average Bonchev–Trinajstić information content (AvgIpc) is 3.23. The fourth-order valence-electron chi connectivity index (χ4n) is 4.87. The number of benzene rings is 3.